The summed E-state index contributed by atoms with van der Waals surface area (Å²) >= 11 is 0. The minimum absolute atomic E-state index is 1.11. The number of hydrogen-bond acceptors (Lipinski definition) is 1. The van der Waals surface area contributed by atoms with Crippen molar-refractivity contribution in [3.8, 4) is 22.3 Å². The lowest BCUT2D eigenvalue weighted by atomic mass is 9.94. The molecule has 0 saturated heterocycles. The maximum atomic E-state index is 2.41. The van der Waals surface area contributed by atoms with Gasteiger partial charge in [0.2, 0.25) is 0 Å². The van der Waals surface area contributed by atoms with E-state index in [-0.39, 0.29) is 0 Å². The summed E-state index contributed by atoms with van der Waals surface area (Å²) in [6.45, 7) is 0. The molecule has 0 aliphatic carbocycles. The molecule has 0 aromatic heterocycles. The Kier molecular flexibility index (Phi) is 7.25. The second kappa shape index (κ2) is 12.7. The van der Waals surface area contributed by atoms with E-state index in [1.807, 2.05) is 0 Å². The van der Waals surface area contributed by atoms with Crippen molar-refractivity contribution in [2.75, 3.05) is 4.90 Å². The Hall–Kier alpha value is -7.22. The highest BCUT2D eigenvalue weighted by atomic mass is 15.1. The van der Waals surface area contributed by atoms with Crippen molar-refractivity contribution >= 4 is 81.7 Å². The van der Waals surface area contributed by atoms with E-state index >= 15 is 0 Å². The van der Waals surface area contributed by atoms with Gasteiger partial charge in [0.15, 0.2) is 0 Å². The molecule has 0 unspecified atom stereocenters. The molecule has 1 heteroatoms. The molecule has 0 bridgehead atoms. The molecule has 0 heterocycles. The highest BCUT2D eigenvalue weighted by Crippen LogP contribution is 2.41. The largest absolute Gasteiger partial charge is 0.310 e. The molecule has 11 rings (SSSR count). The molecule has 0 saturated carbocycles. The normalized spacial score (nSPS) is 11.6. The van der Waals surface area contributed by atoms with Crippen LogP contribution in [-0.4, -0.2) is 0 Å². The Morgan fingerprint density at radius 3 is 1.40 bits per heavy atom. The van der Waals surface area contributed by atoms with Crippen molar-refractivity contribution in [1.82, 2.24) is 0 Å². The van der Waals surface area contributed by atoms with Crippen LogP contribution in [0, 0.1) is 0 Å². The van der Waals surface area contributed by atoms with E-state index in [0.29, 0.717) is 0 Å². The standard InChI is InChI=1S/C54H35N/c1-2-12-41-31-44(25-19-36(41)9-1)42-13-7-15-47(33-42)55(49-29-27-39-21-20-37-10-3-5-17-50(37)53(39)35-49)48-16-8-14-43(34-48)45-28-30-52-46(32-45)26-24-40-23-22-38-11-4-6-18-51(38)54(40)52/h1-35H. The van der Waals surface area contributed by atoms with Gasteiger partial charge in [-0.05, 0) is 135 Å². The Bertz CT molecular complexity index is 3280. The molecule has 55 heavy (non-hydrogen) atoms. The second-order valence-electron chi connectivity index (χ2n) is 14.6. The summed E-state index contributed by atoms with van der Waals surface area (Å²) < 4.78 is 0. The smallest absolute Gasteiger partial charge is 0.0468 e. The van der Waals surface area contributed by atoms with Gasteiger partial charge in [0, 0.05) is 17.1 Å². The molecule has 0 N–H and O–H groups in total. The topological polar surface area (TPSA) is 3.24 Å². The molecule has 0 fully saturated rings. The van der Waals surface area contributed by atoms with Crippen molar-refractivity contribution < 1.29 is 0 Å². The summed E-state index contributed by atoms with van der Waals surface area (Å²) in [5, 5.41) is 15.2. The fourth-order valence-corrected chi connectivity index (χ4v) is 8.61. The van der Waals surface area contributed by atoms with E-state index in [9.17, 15) is 0 Å². The monoisotopic (exact) mass is 697 g/mol. The number of benzene rings is 11. The average Bonchev–Trinajstić information content (AvgIpc) is 3.26. The van der Waals surface area contributed by atoms with Gasteiger partial charge in [-0.1, -0.05) is 164 Å². The van der Waals surface area contributed by atoms with Crippen LogP contribution in [0.15, 0.2) is 212 Å². The van der Waals surface area contributed by atoms with Gasteiger partial charge in [0.25, 0.3) is 0 Å². The van der Waals surface area contributed by atoms with E-state index in [4.69, 9.17) is 0 Å². The van der Waals surface area contributed by atoms with Crippen LogP contribution in [0.2, 0.25) is 0 Å². The van der Waals surface area contributed by atoms with Crippen LogP contribution in [0.4, 0.5) is 17.1 Å². The number of anilines is 3. The molecule has 11 aromatic rings. The van der Waals surface area contributed by atoms with Crippen LogP contribution in [0.3, 0.4) is 0 Å². The molecule has 0 aliphatic rings. The van der Waals surface area contributed by atoms with Gasteiger partial charge in [0.1, 0.15) is 0 Å². The molecule has 0 radical (unpaired) electrons. The zero-order valence-corrected chi connectivity index (χ0v) is 30.2. The number of nitrogens with zero attached hydrogens (tertiary/aromatic N) is 1. The first-order valence-corrected chi connectivity index (χ1v) is 19.0. The predicted octanol–water partition coefficient (Wildman–Crippen LogP) is 15.4. The van der Waals surface area contributed by atoms with E-state index in [0.717, 1.165) is 17.1 Å². The van der Waals surface area contributed by atoms with Crippen LogP contribution in [0.25, 0.3) is 86.9 Å². The summed E-state index contributed by atoms with van der Waals surface area (Å²) in [6.07, 6.45) is 0. The summed E-state index contributed by atoms with van der Waals surface area (Å²) in [7, 11) is 0. The average molecular weight is 698 g/mol. The number of fused-ring (bicyclic) bond motifs is 9. The third-order valence-corrected chi connectivity index (χ3v) is 11.3. The quantitative estimate of drug-likeness (QED) is 0.162. The van der Waals surface area contributed by atoms with E-state index in [1.54, 1.807) is 0 Å². The summed E-state index contributed by atoms with van der Waals surface area (Å²) in [6, 6.07) is 78.0. The molecule has 0 amide bonds. The third kappa shape index (κ3) is 5.40. The fraction of sp³-hybridized carbons (Fsp3) is 0. The van der Waals surface area contributed by atoms with E-state index in [1.165, 1.54) is 86.9 Å². The molecular formula is C54H35N. The van der Waals surface area contributed by atoms with Crippen molar-refractivity contribution in [2.45, 2.75) is 0 Å². The lowest BCUT2D eigenvalue weighted by Gasteiger charge is -2.27. The summed E-state index contributed by atoms with van der Waals surface area (Å²) in [5.41, 5.74) is 8.10. The Balaban J connectivity index is 1.08. The van der Waals surface area contributed by atoms with Crippen LogP contribution < -0.4 is 4.90 Å². The van der Waals surface area contributed by atoms with Crippen molar-refractivity contribution in [1.29, 1.82) is 0 Å². The van der Waals surface area contributed by atoms with Gasteiger partial charge in [-0.25, -0.2) is 0 Å². The summed E-state index contributed by atoms with van der Waals surface area (Å²) in [4.78, 5) is 2.41. The molecule has 0 atom stereocenters. The zero-order chi connectivity index (χ0) is 36.3. The summed E-state index contributed by atoms with van der Waals surface area (Å²) in [5.74, 6) is 0. The second-order valence-corrected chi connectivity index (χ2v) is 14.6. The van der Waals surface area contributed by atoms with Crippen molar-refractivity contribution in [2.24, 2.45) is 0 Å². The van der Waals surface area contributed by atoms with Crippen LogP contribution in [0.5, 0.6) is 0 Å². The lowest BCUT2D eigenvalue weighted by Crippen LogP contribution is -2.10. The van der Waals surface area contributed by atoms with Crippen molar-refractivity contribution in [3.63, 3.8) is 0 Å². The van der Waals surface area contributed by atoms with Gasteiger partial charge in [-0.2, -0.15) is 0 Å². The number of rotatable bonds is 5. The maximum absolute atomic E-state index is 2.41. The molecule has 1 nitrogen and oxygen atoms in total. The van der Waals surface area contributed by atoms with Crippen LogP contribution in [-0.2, 0) is 0 Å². The van der Waals surface area contributed by atoms with Crippen molar-refractivity contribution in [3.05, 3.63) is 212 Å². The number of hydrogen-bond donors (Lipinski definition) is 0. The van der Waals surface area contributed by atoms with Gasteiger partial charge >= 0.3 is 0 Å². The first-order valence-electron chi connectivity index (χ1n) is 19.0. The minimum atomic E-state index is 1.11. The van der Waals surface area contributed by atoms with E-state index < -0.39 is 0 Å². The third-order valence-electron chi connectivity index (χ3n) is 11.3. The maximum Gasteiger partial charge on any atom is 0.0468 e. The molecule has 0 spiro atoms. The SMILES string of the molecule is c1cc(-c2ccc3ccccc3c2)cc(N(c2cccc(-c3ccc4c(ccc5ccc6ccccc6c54)c3)c2)c2ccc3ccc4ccccc4c3c2)c1. The Morgan fingerprint density at radius 1 is 0.218 bits per heavy atom. The van der Waals surface area contributed by atoms with Gasteiger partial charge in [-0.15, -0.1) is 0 Å². The molecular weight excluding hydrogens is 663 g/mol. The van der Waals surface area contributed by atoms with Crippen LogP contribution in [0.1, 0.15) is 0 Å². The van der Waals surface area contributed by atoms with Gasteiger partial charge in [0.05, 0.1) is 0 Å². The fourth-order valence-electron chi connectivity index (χ4n) is 8.61. The Labute approximate surface area is 320 Å². The van der Waals surface area contributed by atoms with Gasteiger partial charge < -0.3 is 4.90 Å². The Morgan fingerprint density at radius 2 is 0.673 bits per heavy atom. The zero-order valence-electron chi connectivity index (χ0n) is 30.2. The first-order chi connectivity index (χ1) is 27.2. The highest BCUT2D eigenvalue weighted by molar-refractivity contribution is 6.20. The minimum Gasteiger partial charge on any atom is -0.310 e. The van der Waals surface area contributed by atoms with Crippen LogP contribution >= 0.6 is 0 Å². The lowest BCUT2D eigenvalue weighted by molar-refractivity contribution is 1.29. The van der Waals surface area contributed by atoms with E-state index in [2.05, 4.69) is 217 Å². The predicted molar refractivity (Wildman–Crippen MR) is 237 cm³/mol. The first kappa shape index (κ1) is 31.3. The highest BCUT2D eigenvalue weighted by Gasteiger charge is 2.17. The molecule has 256 valence electrons. The van der Waals surface area contributed by atoms with Gasteiger partial charge in [-0.3, -0.25) is 0 Å². The molecule has 0 aliphatic heterocycles. The molecule has 11 aromatic carbocycles.